The fraction of sp³-hybridized carbons (Fsp3) is 0.440. The lowest BCUT2D eigenvalue weighted by Gasteiger charge is -2.28. The Balaban J connectivity index is 1.80. The van der Waals surface area contributed by atoms with E-state index >= 15 is 0 Å². The number of nitrogens with zero attached hydrogens (tertiary/aromatic N) is 2. The summed E-state index contributed by atoms with van der Waals surface area (Å²) in [4.78, 5) is 29.3. The van der Waals surface area contributed by atoms with Crippen molar-refractivity contribution in [3.8, 4) is 0 Å². The highest BCUT2D eigenvalue weighted by molar-refractivity contribution is 5.88. The van der Waals surface area contributed by atoms with Gasteiger partial charge < -0.3 is 14.7 Å². The summed E-state index contributed by atoms with van der Waals surface area (Å²) in [7, 11) is 0. The first kappa shape index (κ1) is 23.0. The van der Waals surface area contributed by atoms with Gasteiger partial charge in [0.2, 0.25) is 5.91 Å². The molecule has 1 aliphatic heterocycles. The SMILES string of the molecule is CC(C)(C)OC(=O)CN1C(=O)[C@@H](N(Cc2ccccc2)Cc2ccccc2)C[C@H]1CO. The number of hydrogen-bond donors (Lipinski definition) is 1. The second kappa shape index (κ2) is 10.1. The summed E-state index contributed by atoms with van der Waals surface area (Å²) >= 11 is 0. The van der Waals surface area contributed by atoms with Crippen molar-refractivity contribution in [2.24, 2.45) is 0 Å². The zero-order valence-electron chi connectivity index (χ0n) is 18.5. The fourth-order valence-corrected chi connectivity index (χ4v) is 3.97. The van der Waals surface area contributed by atoms with Gasteiger partial charge in [-0.3, -0.25) is 14.5 Å². The van der Waals surface area contributed by atoms with Crippen molar-refractivity contribution in [2.45, 2.75) is 58.0 Å². The minimum Gasteiger partial charge on any atom is -0.459 e. The largest absolute Gasteiger partial charge is 0.459 e. The van der Waals surface area contributed by atoms with E-state index in [2.05, 4.69) is 4.90 Å². The van der Waals surface area contributed by atoms with Crippen LogP contribution in [-0.2, 0) is 27.4 Å². The first-order chi connectivity index (χ1) is 14.8. The topological polar surface area (TPSA) is 70.1 Å². The molecule has 2 aromatic carbocycles. The third kappa shape index (κ3) is 6.39. The summed E-state index contributed by atoms with van der Waals surface area (Å²) in [6, 6.07) is 19.2. The van der Waals surface area contributed by atoms with Crippen LogP contribution in [0.15, 0.2) is 60.7 Å². The van der Waals surface area contributed by atoms with Crippen LogP contribution in [0.1, 0.15) is 38.3 Å². The number of hydrogen-bond acceptors (Lipinski definition) is 5. The molecule has 0 bridgehead atoms. The summed E-state index contributed by atoms with van der Waals surface area (Å²) in [6.45, 7) is 6.26. The minimum atomic E-state index is -0.624. The van der Waals surface area contributed by atoms with Crippen LogP contribution in [0.4, 0.5) is 0 Å². The van der Waals surface area contributed by atoms with Gasteiger partial charge in [0.1, 0.15) is 12.1 Å². The van der Waals surface area contributed by atoms with E-state index in [9.17, 15) is 14.7 Å². The predicted molar refractivity (Wildman–Crippen MR) is 119 cm³/mol. The molecule has 1 heterocycles. The van der Waals surface area contributed by atoms with E-state index in [0.29, 0.717) is 19.5 Å². The summed E-state index contributed by atoms with van der Waals surface area (Å²) in [6.07, 6.45) is 0.470. The van der Waals surface area contributed by atoms with Crippen LogP contribution in [0.25, 0.3) is 0 Å². The first-order valence-electron chi connectivity index (χ1n) is 10.7. The van der Waals surface area contributed by atoms with Crippen LogP contribution in [-0.4, -0.2) is 57.6 Å². The van der Waals surface area contributed by atoms with E-state index < -0.39 is 23.7 Å². The molecule has 0 spiro atoms. The lowest BCUT2D eigenvalue weighted by Crippen LogP contribution is -2.45. The monoisotopic (exact) mass is 424 g/mol. The average Bonchev–Trinajstić information content (AvgIpc) is 3.03. The van der Waals surface area contributed by atoms with Gasteiger partial charge in [-0.2, -0.15) is 0 Å². The van der Waals surface area contributed by atoms with Crippen LogP contribution in [0.2, 0.25) is 0 Å². The van der Waals surface area contributed by atoms with Crippen molar-refractivity contribution in [1.82, 2.24) is 9.80 Å². The van der Waals surface area contributed by atoms with E-state index in [1.807, 2.05) is 60.7 Å². The Morgan fingerprint density at radius 2 is 1.55 bits per heavy atom. The molecule has 1 aliphatic rings. The normalized spacial score (nSPS) is 19.1. The van der Waals surface area contributed by atoms with Gasteiger partial charge in [-0.15, -0.1) is 0 Å². The maximum absolute atomic E-state index is 13.4. The lowest BCUT2D eigenvalue weighted by molar-refractivity contribution is -0.159. The molecule has 0 radical (unpaired) electrons. The molecular weight excluding hydrogens is 392 g/mol. The molecule has 1 saturated heterocycles. The van der Waals surface area contributed by atoms with E-state index in [1.165, 1.54) is 4.90 Å². The molecule has 31 heavy (non-hydrogen) atoms. The van der Waals surface area contributed by atoms with E-state index in [-0.39, 0.29) is 19.1 Å². The number of carbonyl (C=O) groups is 2. The van der Waals surface area contributed by atoms with Crippen molar-refractivity contribution in [2.75, 3.05) is 13.2 Å². The summed E-state index contributed by atoms with van der Waals surface area (Å²) < 4.78 is 5.40. The molecule has 166 valence electrons. The molecule has 1 N–H and O–H groups in total. The molecule has 1 fully saturated rings. The van der Waals surface area contributed by atoms with Crippen molar-refractivity contribution >= 4 is 11.9 Å². The highest BCUT2D eigenvalue weighted by atomic mass is 16.6. The van der Waals surface area contributed by atoms with Crippen LogP contribution >= 0.6 is 0 Å². The third-order valence-corrected chi connectivity index (χ3v) is 5.33. The third-order valence-electron chi connectivity index (χ3n) is 5.33. The Labute approximate surface area is 184 Å². The molecule has 2 aromatic rings. The minimum absolute atomic E-state index is 0.142. The summed E-state index contributed by atoms with van der Waals surface area (Å²) in [5.41, 5.74) is 1.59. The highest BCUT2D eigenvalue weighted by Gasteiger charge is 2.43. The van der Waals surface area contributed by atoms with Gasteiger partial charge in [-0.25, -0.2) is 0 Å². The Kier molecular flexibility index (Phi) is 7.46. The number of ether oxygens (including phenoxy) is 1. The molecule has 2 atom stereocenters. The first-order valence-corrected chi connectivity index (χ1v) is 10.7. The van der Waals surface area contributed by atoms with Crippen LogP contribution in [0, 0.1) is 0 Å². The van der Waals surface area contributed by atoms with Gasteiger partial charge in [0.15, 0.2) is 0 Å². The highest BCUT2D eigenvalue weighted by Crippen LogP contribution is 2.27. The quantitative estimate of drug-likeness (QED) is 0.660. The Hall–Kier alpha value is -2.70. The molecular formula is C25H32N2O4. The average molecular weight is 425 g/mol. The van der Waals surface area contributed by atoms with Crippen molar-refractivity contribution < 1.29 is 19.4 Å². The Bertz CT molecular complexity index is 823. The molecule has 0 unspecified atom stereocenters. The van der Waals surface area contributed by atoms with Gasteiger partial charge >= 0.3 is 5.97 Å². The number of carbonyl (C=O) groups excluding carboxylic acids is 2. The van der Waals surface area contributed by atoms with Crippen molar-refractivity contribution in [1.29, 1.82) is 0 Å². The number of aliphatic hydroxyl groups is 1. The molecule has 3 rings (SSSR count). The Morgan fingerprint density at radius 1 is 1.03 bits per heavy atom. The maximum atomic E-state index is 13.4. The van der Waals surface area contributed by atoms with E-state index in [0.717, 1.165) is 11.1 Å². The number of aliphatic hydroxyl groups excluding tert-OH is 1. The number of esters is 1. The van der Waals surface area contributed by atoms with E-state index in [1.54, 1.807) is 20.8 Å². The van der Waals surface area contributed by atoms with Crippen molar-refractivity contribution in [3.05, 3.63) is 71.8 Å². The van der Waals surface area contributed by atoms with Gasteiger partial charge in [-0.05, 0) is 38.3 Å². The lowest BCUT2D eigenvalue weighted by atomic mass is 10.1. The van der Waals surface area contributed by atoms with Crippen LogP contribution in [0.3, 0.4) is 0 Å². The number of likely N-dealkylation sites (tertiary alicyclic amines) is 1. The van der Waals surface area contributed by atoms with Crippen molar-refractivity contribution in [3.63, 3.8) is 0 Å². The smallest absolute Gasteiger partial charge is 0.326 e. The fourth-order valence-electron chi connectivity index (χ4n) is 3.97. The molecule has 6 heteroatoms. The van der Waals surface area contributed by atoms with Gasteiger partial charge in [0.25, 0.3) is 0 Å². The van der Waals surface area contributed by atoms with Gasteiger partial charge in [0, 0.05) is 13.1 Å². The zero-order valence-corrected chi connectivity index (χ0v) is 18.5. The summed E-state index contributed by atoms with van der Waals surface area (Å²) in [5, 5.41) is 9.91. The molecule has 0 aromatic heterocycles. The number of benzene rings is 2. The molecule has 0 saturated carbocycles. The van der Waals surface area contributed by atoms with E-state index in [4.69, 9.17) is 4.74 Å². The zero-order chi connectivity index (χ0) is 22.4. The maximum Gasteiger partial charge on any atom is 0.326 e. The molecule has 1 amide bonds. The predicted octanol–water partition coefficient (Wildman–Crippen LogP) is 2.99. The standard InChI is InChI=1S/C25H32N2O4/c1-25(2,3)31-23(29)17-27-21(18-28)14-22(24(27)30)26(15-19-10-6-4-7-11-19)16-20-12-8-5-9-13-20/h4-13,21-22,28H,14-18H2,1-3H3/t21-,22-/m0/s1. The van der Waals surface area contributed by atoms with Gasteiger partial charge in [0.05, 0.1) is 18.7 Å². The second-order valence-electron chi connectivity index (χ2n) is 9.02. The van der Waals surface area contributed by atoms with Crippen LogP contribution < -0.4 is 0 Å². The Morgan fingerprint density at radius 3 is 2.00 bits per heavy atom. The van der Waals surface area contributed by atoms with Crippen LogP contribution in [0.5, 0.6) is 0 Å². The number of amides is 1. The number of rotatable bonds is 8. The molecule has 0 aliphatic carbocycles. The van der Waals surface area contributed by atoms with Gasteiger partial charge in [-0.1, -0.05) is 60.7 Å². The summed E-state index contributed by atoms with van der Waals surface area (Å²) in [5.74, 6) is -0.602. The second-order valence-corrected chi connectivity index (χ2v) is 9.02. The molecule has 6 nitrogen and oxygen atoms in total.